The molecule has 19 heavy (non-hydrogen) atoms. The van der Waals surface area contributed by atoms with Crippen LogP contribution >= 0.6 is 0 Å². The van der Waals surface area contributed by atoms with Crippen molar-refractivity contribution >= 4 is 6.29 Å². The van der Waals surface area contributed by atoms with Gasteiger partial charge in [0.05, 0.1) is 0 Å². The molecule has 2 aliphatic carbocycles. The molecule has 0 aromatic rings. The summed E-state index contributed by atoms with van der Waals surface area (Å²) in [4.78, 5) is 14.1. The minimum atomic E-state index is -0.0406. The molecule has 110 valence electrons. The van der Waals surface area contributed by atoms with Crippen molar-refractivity contribution < 1.29 is 4.79 Å². The predicted octanol–water partition coefficient (Wildman–Crippen LogP) is 3.89. The van der Waals surface area contributed by atoms with E-state index in [9.17, 15) is 4.79 Å². The Morgan fingerprint density at radius 2 is 1.89 bits per heavy atom. The van der Waals surface area contributed by atoms with Crippen LogP contribution in [0.2, 0.25) is 0 Å². The standard InChI is InChI=1S/C17H31NO/c1-15-7-6-10-17(11-15,14-19)13-18(2)12-16-8-4-3-5-9-16/h14-16H,3-13H2,1-2H3. The smallest absolute Gasteiger partial charge is 0.127 e. The Kier molecular flexibility index (Phi) is 5.44. The maximum absolute atomic E-state index is 11.6. The summed E-state index contributed by atoms with van der Waals surface area (Å²) in [6, 6.07) is 0. The van der Waals surface area contributed by atoms with Gasteiger partial charge in [-0.2, -0.15) is 0 Å². The molecule has 0 aromatic heterocycles. The van der Waals surface area contributed by atoms with E-state index in [2.05, 4.69) is 18.9 Å². The molecule has 0 saturated heterocycles. The lowest BCUT2D eigenvalue weighted by Gasteiger charge is -2.39. The highest BCUT2D eigenvalue weighted by atomic mass is 16.1. The fraction of sp³-hybridized carbons (Fsp3) is 0.941. The van der Waals surface area contributed by atoms with Crippen LogP contribution in [0.1, 0.15) is 64.7 Å². The first kappa shape index (κ1) is 15.0. The van der Waals surface area contributed by atoms with Crippen LogP contribution in [0.5, 0.6) is 0 Å². The van der Waals surface area contributed by atoms with Crippen molar-refractivity contribution in [3.05, 3.63) is 0 Å². The average molecular weight is 265 g/mol. The quantitative estimate of drug-likeness (QED) is 0.703. The number of carbonyl (C=O) groups excluding carboxylic acids is 1. The zero-order valence-electron chi connectivity index (χ0n) is 12.9. The van der Waals surface area contributed by atoms with Crippen LogP contribution in [0.4, 0.5) is 0 Å². The molecule has 2 unspecified atom stereocenters. The van der Waals surface area contributed by atoms with E-state index in [0.717, 1.165) is 31.2 Å². The molecule has 0 aliphatic heterocycles. The molecule has 0 bridgehead atoms. The lowest BCUT2D eigenvalue weighted by Crippen LogP contribution is -2.42. The van der Waals surface area contributed by atoms with E-state index in [-0.39, 0.29) is 5.41 Å². The van der Waals surface area contributed by atoms with Gasteiger partial charge in [-0.05, 0) is 44.6 Å². The van der Waals surface area contributed by atoms with Crippen LogP contribution in [0.3, 0.4) is 0 Å². The molecular formula is C17H31NO. The molecule has 2 rings (SSSR count). The van der Waals surface area contributed by atoms with Gasteiger partial charge in [0.25, 0.3) is 0 Å². The van der Waals surface area contributed by atoms with E-state index in [0.29, 0.717) is 0 Å². The number of aldehydes is 1. The summed E-state index contributed by atoms with van der Waals surface area (Å²) in [6.07, 6.45) is 13.1. The molecule has 0 N–H and O–H groups in total. The fourth-order valence-corrected chi connectivity index (χ4v) is 4.40. The van der Waals surface area contributed by atoms with Crippen molar-refractivity contribution in [2.75, 3.05) is 20.1 Å². The maximum Gasteiger partial charge on any atom is 0.127 e. The van der Waals surface area contributed by atoms with Gasteiger partial charge in [0.15, 0.2) is 0 Å². The van der Waals surface area contributed by atoms with E-state index in [1.54, 1.807) is 0 Å². The van der Waals surface area contributed by atoms with Gasteiger partial charge in [-0.25, -0.2) is 0 Å². The Morgan fingerprint density at radius 3 is 2.53 bits per heavy atom. The molecule has 0 aromatic carbocycles. The third-order valence-electron chi connectivity index (χ3n) is 5.26. The van der Waals surface area contributed by atoms with E-state index in [4.69, 9.17) is 0 Å². The molecular weight excluding hydrogens is 234 g/mol. The van der Waals surface area contributed by atoms with Gasteiger partial charge in [-0.1, -0.05) is 39.0 Å². The SMILES string of the molecule is CC1CCCC(C=O)(CN(C)CC2CCCCC2)C1. The van der Waals surface area contributed by atoms with Gasteiger partial charge >= 0.3 is 0 Å². The normalized spacial score (nSPS) is 33.5. The summed E-state index contributed by atoms with van der Waals surface area (Å²) in [5, 5.41) is 0. The maximum atomic E-state index is 11.6. The molecule has 0 spiro atoms. The van der Waals surface area contributed by atoms with Crippen molar-refractivity contribution in [1.29, 1.82) is 0 Å². The summed E-state index contributed by atoms with van der Waals surface area (Å²) >= 11 is 0. The van der Waals surface area contributed by atoms with Crippen LogP contribution in [-0.2, 0) is 4.79 Å². The first-order valence-corrected chi connectivity index (χ1v) is 8.28. The van der Waals surface area contributed by atoms with Crippen LogP contribution in [-0.4, -0.2) is 31.3 Å². The highest BCUT2D eigenvalue weighted by molar-refractivity contribution is 5.60. The number of hydrogen-bond acceptors (Lipinski definition) is 2. The Morgan fingerprint density at radius 1 is 1.16 bits per heavy atom. The largest absolute Gasteiger partial charge is 0.305 e. The van der Waals surface area contributed by atoms with Crippen molar-refractivity contribution in [3.8, 4) is 0 Å². The monoisotopic (exact) mass is 265 g/mol. The summed E-state index contributed by atoms with van der Waals surface area (Å²) in [5.41, 5.74) is -0.0406. The van der Waals surface area contributed by atoms with Crippen LogP contribution in [0.25, 0.3) is 0 Å². The first-order valence-electron chi connectivity index (χ1n) is 8.28. The molecule has 0 amide bonds. The minimum Gasteiger partial charge on any atom is -0.305 e. The molecule has 2 heteroatoms. The molecule has 2 atom stereocenters. The molecule has 2 nitrogen and oxygen atoms in total. The second-order valence-electron chi connectivity index (χ2n) is 7.38. The van der Waals surface area contributed by atoms with E-state index >= 15 is 0 Å². The first-order chi connectivity index (χ1) is 9.13. The Balaban J connectivity index is 1.84. The Labute approximate surface area is 118 Å². The Bertz CT molecular complexity index is 285. The van der Waals surface area contributed by atoms with E-state index in [1.807, 2.05) is 0 Å². The molecule has 2 fully saturated rings. The fourth-order valence-electron chi connectivity index (χ4n) is 4.40. The summed E-state index contributed by atoms with van der Waals surface area (Å²) in [7, 11) is 2.22. The summed E-state index contributed by atoms with van der Waals surface area (Å²) in [5.74, 6) is 1.60. The molecule has 0 heterocycles. The second-order valence-corrected chi connectivity index (χ2v) is 7.38. The van der Waals surface area contributed by atoms with Crippen molar-refractivity contribution in [2.24, 2.45) is 17.3 Å². The third kappa shape index (κ3) is 4.30. The van der Waals surface area contributed by atoms with Gasteiger partial charge in [0.1, 0.15) is 6.29 Å². The highest BCUT2D eigenvalue weighted by Crippen LogP contribution is 2.38. The summed E-state index contributed by atoms with van der Waals surface area (Å²) < 4.78 is 0. The average Bonchev–Trinajstić information content (AvgIpc) is 2.39. The topological polar surface area (TPSA) is 20.3 Å². The van der Waals surface area contributed by atoms with Gasteiger partial charge in [0, 0.05) is 18.5 Å². The van der Waals surface area contributed by atoms with Crippen LogP contribution in [0.15, 0.2) is 0 Å². The number of hydrogen-bond donors (Lipinski definition) is 0. The van der Waals surface area contributed by atoms with Crippen LogP contribution < -0.4 is 0 Å². The highest BCUT2D eigenvalue weighted by Gasteiger charge is 2.36. The zero-order chi connectivity index (χ0) is 13.7. The van der Waals surface area contributed by atoms with Crippen LogP contribution in [0, 0.1) is 17.3 Å². The number of carbonyl (C=O) groups is 1. The zero-order valence-corrected chi connectivity index (χ0v) is 12.9. The van der Waals surface area contributed by atoms with Gasteiger partial charge < -0.3 is 9.69 Å². The lowest BCUT2D eigenvalue weighted by atomic mass is 9.70. The predicted molar refractivity (Wildman–Crippen MR) is 80.2 cm³/mol. The van der Waals surface area contributed by atoms with Crippen molar-refractivity contribution in [3.63, 3.8) is 0 Å². The second kappa shape index (κ2) is 6.88. The molecule has 2 aliphatic rings. The van der Waals surface area contributed by atoms with E-state index in [1.165, 1.54) is 57.8 Å². The molecule has 0 radical (unpaired) electrons. The van der Waals surface area contributed by atoms with Gasteiger partial charge in [-0.15, -0.1) is 0 Å². The van der Waals surface area contributed by atoms with Gasteiger partial charge in [0.2, 0.25) is 0 Å². The Hall–Kier alpha value is -0.370. The van der Waals surface area contributed by atoms with Gasteiger partial charge in [-0.3, -0.25) is 0 Å². The molecule has 2 saturated carbocycles. The van der Waals surface area contributed by atoms with Crippen molar-refractivity contribution in [1.82, 2.24) is 4.90 Å². The lowest BCUT2D eigenvalue weighted by molar-refractivity contribution is -0.120. The number of rotatable bonds is 5. The number of nitrogens with zero attached hydrogens (tertiary/aromatic N) is 1. The third-order valence-corrected chi connectivity index (χ3v) is 5.26. The summed E-state index contributed by atoms with van der Waals surface area (Å²) in [6.45, 7) is 4.49. The van der Waals surface area contributed by atoms with E-state index < -0.39 is 0 Å². The minimum absolute atomic E-state index is 0.0406. The van der Waals surface area contributed by atoms with Crippen molar-refractivity contribution in [2.45, 2.75) is 64.7 Å².